The Bertz CT molecular complexity index is 583. The van der Waals surface area contributed by atoms with E-state index < -0.39 is 0 Å². The number of nitrogens with two attached hydrogens (primary N) is 1. The molecule has 0 aliphatic heterocycles. The van der Waals surface area contributed by atoms with Crippen molar-refractivity contribution in [3.05, 3.63) is 12.1 Å². The minimum Gasteiger partial charge on any atom is -0.493 e. The number of nitrogen functional groups attached to an aromatic ring is 1. The van der Waals surface area contributed by atoms with Crippen LogP contribution >= 0.6 is 11.8 Å². The summed E-state index contributed by atoms with van der Waals surface area (Å²) in [5.74, 6) is 1.87. The molecule has 1 aromatic carbocycles. The van der Waals surface area contributed by atoms with Gasteiger partial charge in [0, 0.05) is 23.9 Å². The zero-order chi connectivity index (χ0) is 14.0. The minimum atomic E-state index is 0.466. The van der Waals surface area contributed by atoms with Crippen LogP contribution in [0.15, 0.2) is 12.1 Å². The van der Waals surface area contributed by atoms with Crippen molar-refractivity contribution in [2.24, 2.45) is 0 Å². The first-order valence-electron chi connectivity index (χ1n) is 6.01. The first-order chi connectivity index (χ1) is 9.10. The number of benzene rings is 1. The third kappa shape index (κ3) is 2.58. The van der Waals surface area contributed by atoms with Gasteiger partial charge in [0.05, 0.1) is 25.3 Å². The van der Waals surface area contributed by atoms with Crippen LogP contribution < -0.4 is 15.2 Å². The minimum absolute atomic E-state index is 0.466. The van der Waals surface area contributed by atoms with Gasteiger partial charge in [-0.3, -0.25) is 0 Å². The van der Waals surface area contributed by atoms with E-state index in [2.05, 4.69) is 18.2 Å². The van der Waals surface area contributed by atoms with Gasteiger partial charge in [-0.15, -0.1) is 0 Å². The normalized spacial score (nSPS) is 12.6. The molecule has 0 amide bonds. The summed E-state index contributed by atoms with van der Waals surface area (Å²) in [6.07, 6.45) is 2.09. The van der Waals surface area contributed by atoms with Crippen molar-refractivity contribution in [3.63, 3.8) is 0 Å². The van der Waals surface area contributed by atoms with Crippen LogP contribution in [-0.4, -0.2) is 35.3 Å². The van der Waals surface area contributed by atoms with E-state index in [4.69, 9.17) is 15.2 Å². The largest absolute Gasteiger partial charge is 0.493 e. The lowest BCUT2D eigenvalue weighted by atomic mass is 10.2. The Morgan fingerprint density at radius 1 is 1.32 bits per heavy atom. The number of aromatic nitrogens is 2. The van der Waals surface area contributed by atoms with E-state index in [0.717, 1.165) is 17.6 Å². The van der Waals surface area contributed by atoms with Crippen LogP contribution in [0, 0.1) is 0 Å². The van der Waals surface area contributed by atoms with Crippen LogP contribution in [0.2, 0.25) is 0 Å². The lowest BCUT2D eigenvalue weighted by molar-refractivity contribution is 0.355. The lowest BCUT2D eigenvalue weighted by Crippen LogP contribution is -2.11. The molecule has 0 saturated carbocycles. The van der Waals surface area contributed by atoms with E-state index in [-0.39, 0.29) is 0 Å². The summed E-state index contributed by atoms with van der Waals surface area (Å²) in [4.78, 5) is 4.38. The second kappa shape index (κ2) is 5.61. The highest BCUT2D eigenvalue weighted by atomic mass is 32.2. The third-order valence-corrected chi connectivity index (χ3v) is 4.08. The fourth-order valence-electron chi connectivity index (χ4n) is 1.99. The molecule has 1 unspecified atom stereocenters. The molecule has 0 fully saturated rings. The average molecular weight is 281 g/mol. The molecule has 1 aromatic heterocycles. The van der Waals surface area contributed by atoms with Gasteiger partial charge in [0.2, 0.25) is 5.95 Å². The monoisotopic (exact) mass is 281 g/mol. The number of methoxy groups -OCH3 is 2. The molecule has 5 nitrogen and oxygen atoms in total. The van der Waals surface area contributed by atoms with Crippen molar-refractivity contribution in [1.82, 2.24) is 9.55 Å². The van der Waals surface area contributed by atoms with E-state index in [9.17, 15) is 0 Å². The molecule has 0 radical (unpaired) electrons. The van der Waals surface area contributed by atoms with E-state index in [1.165, 1.54) is 0 Å². The molecule has 2 aromatic rings. The van der Waals surface area contributed by atoms with Gasteiger partial charge >= 0.3 is 0 Å². The molecule has 0 aliphatic carbocycles. The Balaban J connectivity index is 2.55. The molecule has 2 rings (SSSR count). The molecule has 0 bridgehead atoms. The Morgan fingerprint density at radius 3 is 2.53 bits per heavy atom. The van der Waals surface area contributed by atoms with Gasteiger partial charge < -0.3 is 19.8 Å². The Morgan fingerprint density at radius 2 is 1.95 bits per heavy atom. The number of anilines is 1. The van der Waals surface area contributed by atoms with Crippen molar-refractivity contribution in [2.45, 2.75) is 18.7 Å². The molecule has 104 valence electrons. The van der Waals surface area contributed by atoms with Crippen molar-refractivity contribution >= 4 is 28.7 Å². The fraction of sp³-hybridized carbons (Fsp3) is 0.462. The fourth-order valence-corrected chi connectivity index (χ4v) is 2.29. The number of hydrogen-bond donors (Lipinski definition) is 1. The van der Waals surface area contributed by atoms with Crippen LogP contribution in [-0.2, 0) is 6.54 Å². The summed E-state index contributed by atoms with van der Waals surface area (Å²) >= 11 is 1.80. The van der Waals surface area contributed by atoms with E-state index in [0.29, 0.717) is 22.7 Å². The zero-order valence-electron chi connectivity index (χ0n) is 11.6. The van der Waals surface area contributed by atoms with Crippen LogP contribution in [0.4, 0.5) is 5.95 Å². The van der Waals surface area contributed by atoms with Crippen molar-refractivity contribution < 1.29 is 9.47 Å². The second-order valence-corrected chi connectivity index (χ2v) is 5.60. The van der Waals surface area contributed by atoms with Crippen LogP contribution in [0.3, 0.4) is 0 Å². The maximum Gasteiger partial charge on any atom is 0.201 e. The lowest BCUT2D eigenvalue weighted by Gasteiger charge is -2.12. The predicted molar refractivity (Wildman–Crippen MR) is 80.2 cm³/mol. The summed E-state index contributed by atoms with van der Waals surface area (Å²) in [6, 6.07) is 3.77. The van der Waals surface area contributed by atoms with Crippen molar-refractivity contribution in [3.8, 4) is 11.5 Å². The highest BCUT2D eigenvalue weighted by Gasteiger charge is 2.14. The van der Waals surface area contributed by atoms with Crippen molar-refractivity contribution in [1.29, 1.82) is 0 Å². The average Bonchev–Trinajstić information content (AvgIpc) is 2.72. The Hall–Kier alpha value is -1.56. The van der Waals surface area contributed by atoms with Crippen LogP contribution in [0.5, 0.6) is 11.5 Å². The number of nitrogens with zero attached hydrogens (tertiary/aromatic N) is 2. The van der Waals surface area contributed by atoms with E-state index >= 15 is 0 Å². The summed E-state index contributed by atoms with van der Waals surface area (Å²) in [6.45, 7) is 2.98. The van der Waals surface area contributed by atoms with Gasteiger partial charge in [-0.2, -0.15) is 11.8 Å². The van der Waals surface area contributed by atoms with Gasteiger partial charge in [0.25, 0.3) is 0 Å². The van der Waals surface area contributed by atoms with Gasteiger partial charge in [-0.1, -0.05) is 6.92 Å². The predicted octanol–water partition coefficient (Wildman–Crippen LogP) is 2.39. The number of thioether (sulfide) groups is 1. The summed E-state index contributed by atoms with van der Waals surface area (Å²) in [5, 5.41) is 0.466. The topological polar surface area (TPSA) is 62.3 Å². The molecule has 2 N–H and O–H groups in total. The van der Waals surface area contributed by atoms with E-state index in [1.54, 1.807) is 26.0 Å². The zero-order valence-corrected chi connectivity index (χ0v) is 12.5. The number of hydrogen-bond acceptors (Lipinski definition) is 5. The highest BCUT2D eigenvalue weighted by Crippen LogP contribution is 2.33. The molecule has 19 heavy (non-hydrogen) atoms. The number of ether oxygens (including phenoxy) is 2. The van der Waals surface area contributed by atoms with Gasteiger partial charge in [0.1, 0.15) is 0 Å². The van der Waals surface area contributed by atoms with Gasteiger partial charge in [-0.05, 0) is 6.26 Å². The standard InChI is InChI=1S/C13H19N3O2S/c1-8(19-4)7-16-10-6-12(18-3)11(17-2)5-9(10)15-13(16)14/h5-6,8H,7H2,1-4H3,(H2,14,15). The van der Waals surface area contributed by atoms with E-state index in [1.807, 2.05) is 16.7 Å². The molecular weight excluding hydrogens is 262 g/mol. The number of rotatable bonds is 5. The number of imidazole rings is 1. The third-order valence-electron chi connectivity index (χ3n) is 3.13. The first-order valence-corrected chi connectivity index (χ1v) is 7.30. The second-order valence-electron chi connectivity index (χ2n) is 4.32. The molecule has 1 heterocycles. The van der Waals surface area contributed by atoms with Crippen LogP contribution in [0.25, 0.3) is 11.0 Å². The Kier molecular flexibility index (Phi) is 4.09. The Labute approximate surface area is 117 Å². The molecule has 6 heteroatoms. The summed E-state index contributed by atoms with van der Waals surface area (Å²) < 4.78 is 12.6. The van der Waals surface area contributed by atoms with Crippen molar-refractivity contribution in [2.75, 3.05) is 26.2 Å². The number of fused-ring (bicyclic) bond motifs is 1. The molecule has 0 spiro atoms. The maximum atomic E-state index is 6.00. The highest BCUT2D eigenvalue weighted by molar-refractivity contribution is 7.99. The molecular formula is C13H19N3O2S. The molecule has 0 saturated heterocycles. The van der Waals surface area contributed by atoms with Gasteiger partial charge in [-0.25, -0.2) is 4.98 Å². The summed E-state index contributed by atoms with van der Waals surface area (Å²) in [7, 11) is 3.23. The summed E-state index contributed by atoms with van der Waals surface area (Å²) in [5.41, 5.74) is 7.79. The SMILES string of the molecule is COc1cc2nc(N)n(CC(C)SC)c2cc1OC. The van der Waals surface area contributed by atoms with Gasteiger partial charge in [0.15, 0.2) is 11.5 Å². The molecule has 1 atom stereocenters. The quantitative estimate of drug-likeness (QED) is 0.911. The van der Waals surface area contributed by atoms with Crippen LogP contribution in [0.1, 0.15) is 6.92 Å². The maximum absolute atomic E-state index is 6.00. The first kappa shape index (κ1) is 13.9. The molecule has 0 aliphatic rings. The smallest absolute Gasteiger partial charge is 0.201 e.